The summed E-state index contributed by atoms with van der Waals surface area (Å²) in [5, 5.41) is 1.90. The Morgan fingerprint density at radius 3 is 2.57 bits per heavy atom. The van der Waals surface area contributed by atoms with Gasteiger partial charge in [0.25, 0.3) is 5.91 Å². The third-order valence-electron chi connectivity index (χ3n) is 3.27. The minimum absolute atomic E-state index is 0.0131. The quantitative estimate of drug-likeness (QED) is 0.801. The molecule has 1 saturated heterocycles. The van der Waals surface area contributed by atoms with Crippen molar-refractivity contribution in [3.05, 3.63) is 22.4 Å². The first-order valence-electron chi connectivity index (χ1n) is 7.10. The summed E-state index contributed by atoms with van der Waals surface area (Å²) < 4.78 is 5.38. The van der Waals surface area contributed by atoms with Gasteiger partial charge in [-0.25, -0.2) is 4.79 Å². The zero-order valence-corrected chi connectivity index (χ0v) is 13.8. The lowest BCUT2D eigenvalue weighted by molar-refractivity contribution is 0.00626. The average molecular weight is 310 g/mol. The van der Waals surface area contributed by atoms with Gasteiger partial charge >= 0.3 is 6.09 Å². The first-order chi connectivity index (χ1) is 9.78. The van der Waals surface area contributed by atoms with Crippen molar-refractivity contribution in [3.63, 3.8) is 0 Å². The zero-order valence-electron chi connectivity index (χ0n) is 13.0. The van der Waals surface area contributed by atoms with Crippen molar-refractivity contribution in [1.82, 2.24) is 9.80 Å². The van der Waals surface area contributed by atoms with Crippen LogP contribution >= 0.6 is 11.3 Å². The van der Waals surface area contributed by atoms with E-state index in [0.717, 1.165) is 4.88 Å². The van der Waals surface area contributed by atoms with E-state index in [1.54, 1.807) is 4.90 Å². The van der Waals surface area contributed by atoms with Crippen LogP contribution in [0.5, 0.6) is 0 Å². The Bertz CT molecular complexity index is 507. The fraction of sp³-hybridized carbons (Fsp3) is 0.600. The Hall–Kier alpha value is -1.56. The minimum Gasteiger partial charge on any atom is -0.444 e. The summed E-state index contributed by atoms with van der Waals surface area (Å²) in [6, 6.07) is 3.69. The number of thiophene rings is 1. The molecule has 1 unspecified atom stereocenters. The van der Waals surface area contributed by atoms with Gasteiger partial charge < -0.3 is 14.5 Å². The highest BCUT2D eigenvalue weighted by Gasteiger charge is 2.32. The van der Waals surface area contributed by atoms with Crippen molar-refractivity contribution in [2.75, 3.05) is 19.6 Å². The molecule has 0 saturated carbocycles. The molecule has 0 N–H and O–H groups in total. The molecule has 1 aromatic rings. The first-order valence-corrected chi connectivity index (χ1v) is 7.98. The Labute approximate surface area is 129 Å². The van der Waals surface area contributed by atoms with E-state index in [2.05, 4.69) is 0 Å². The van der Waals surface area contributed by atoms with E-state index in [-0.39, 0.29) is 18.0 Å². The SMILES string of the molecule is CC1CN(C(=O)OC(C)(C)C)CCN1C(=O)c1cccs1. The Balaban J connectivity index is 1.96. The molecule has 0 radical (unpaired) electrons. The molecular formula is C15H22N2O3S. The van der Waals surface area contributed by atoms with Crippen LogP contribution in [0.25, 0.3) is 0 Å². The monoisotopic (exact) mass is 310 g/mol. The highest BCUT2D eigenvalue weighted by Crippen LogP contribution is 2.19. The molecule has 6 heteroatoms. The smallest absolute Gasteiger partial charge is 0.410 e. The molecule has 1 aliphatic rings. The molecule has 2 heterocycles. The second kappa shape index (κ2) is 6.05. The van der Waals surface area contributed by atoms with Gasteiger partial charge in [-0.2, -0.15) is 0 Å². The van der Waals surface area contributed by atoms with E-state index in [0.29, 0.717) is 19.6 Å². The standard InChI is InChI=1S/C15H22N2O3S/c1-11-10-16(14(19)20-15(2,3)4)7-8-17(11)13(18)12-6-5-9-21-12/h5-6,9,11H,7-8,10H2,1-4H3. The van der Waals surface area contributed by atoms with Gasteiger partial charge in [-0.3, -0.25) is 4.79 Å². The normalized spacial score (nSPS) is 19.5. The molecule has 1 atom stereocenters. The van der Waals surface area contributed by atoms with Crippen molar-refractivity contribution < 1.29 is 14.3 Å². The Morgan fingerprint density at radius 1 is 1.33 bits per heavy atom. The van der Waals surface area contributed by atoms with Gasteiger partial charge in [0.2, 0.25) is 0 Å². The van der Waals surface area contributed by atoms with Gasteiger partial charge in [0.15, 0.2) is 0 Å². The molecule has 0 spiro atoms. The maximum Gasteiger partial charge on any atom is 0.410 e. The summed E-state index contributed by atoms with van der Waals surface area (Å²) in [6.07, 6.45) is -0.308. The van der Waals surface area contributed by atoms with Gasteiger partial charge in [0, 0.05) is 25.7 Å². The van der Waals surface area contributed by atoms with Crippen molar-refractivity contribution in [1.29, 1.82) is 0 Å². The second-order valence-corrected chi connectivity index (χ2v) is 7.20. The van der Waals surface area contributed by atoms with Crippen LogP contribution in [0.1, 0.15) is 37.4 Å². The predicted molar refractivity (Wildman–Crippen MR) is 82.6 cm³/mol. The predicted octanol–water partition coefficient (Wildman–Crippen LogP) is 2.83. The highest BCUT2D eigenvalue weighted by molar-refractivity contribution is 7.12. The van der Waals surface area contributed by atoms with E-state index >= 15 is 0 Å². The van der Waals surface area contributed by atoms with Crippen LogP contribution < -0.4 is 0 Å². The summed E-state index contributed by atoms with van der Waals surface area (Å²) >= 11 is 1.45. The maximum absolute atomic E-state index is 12.4. The topological polar surface area (TPSA) is 49.9 Å². The van der Waals surface area contributed by atoms with Gasteiger partial charge in [-0.15, -0.1) is 11.3 Å². The van der Waals surface area contributed by atoms with Crippen LogP contribution in [-0.4, -0.2) is 53.1 Å². The number of nitrogens with zero attached hydrogens (tertiary/aromatic N) is 2. The van der Waals surface area contributed by atoms with Crippen molar-refractivity contribution in [2.24, 2.45) is 0 Å². The lowest BCUT2D eigenvalue weighted by Crippen LogP contribution is -2.56. The van der Waals surface area contributed by atoms with Crippen molar-refractivity contribution in [2.45, 2.75) is 39.3 Å². The van der Waals surface area contributed by atoms with Crippen molar-refractivity contribution in [3.8, 4) is 0 Å². The summed E-state index contributed by atoms with van der Waals surface area (Å²) in [5.41, 5.74) is -0.496. The molecule has 2 amide bonds. The lowest BCUT2D eigenvalue weighted by Gasteiger charge is -2.40. The first kappa shape index (κ1) is 15.8. The lowest BCUT2D eigenvalue weighted by atomic mass is 10.2. The summed E-state index contributed by atoms with van der Waals surface area (Å²) in [4.78, 5) is 28.7. The minimum atomic E-state index is -0.496. The molecule has 5 nitrogen and oxygen atoms in total. The third-order valence-corrected chi connectivity index (χ3v) is 4.13. The van der Waals surface area contributed by atoms with Gasteiger partial charge in [-0.1, -0.05) is 6.07 Å². The highest BCUT2D eigenvalue weighted by atomic mass is 32.1. The van der Waals surface area contributed by atoms with E-state index in [4.69, 9.17) is 4.74 Å². The maximum atomic E-state index is 12.4. The zero-order chi connectivity index (χ0) is 15.6. The van der Waals surface area contributed by atoms with Gasteiger partial charge in [0.1, 0.15) is 5.60 Å². The summed E-state index contributed by atoms with van der Waals surface area (Å²) in [5.74, 6) is 0.0429. The molecule has 116 valence electrons. The van der Waals surface area contributed by atoms with Crippen LogP contribution in [0.15, 0.2) is 17.5 Å². The van der Waals surface area contributed by atoms with Gasteiger partial charge in [-0.05, 0) is 39.1 Å². The largest absolute Gasteiger partial charge is 0.444 e. The molecule has 0 aromatic carbocycles. The summed E-state index contributed by atoms with van der Waals surface area (Å²) in [6.45, 7) is 9.07. The number of hydrogen-bond acceptors (Lipinski definition) is 4. The molecule has 1 aromatic heterocycles. The average Bonchev–Trinajstić information content (AvgIpc) is 2.89. The number of piperazine rings is 1. The third kappa shape index (κ3) is 3.97. The second-order valence-electron chi connectivity index (χ2n) is 6.25. The fourth-order valence-corrected chi connectivity index (χ4v) is 2.97. The fourth-order valence-electron chi connectivity index (χ4n) is 2.29. The van der Waals surface area contributed by atoms with Crippen LogP contribution in [0, 0.1) is 0 Å². The van der Waals surface area contributed by atoms with E-state index in [1.165, 1.54) is 11.3 Å². The van der Waals surface area contributed by atoms with Gasteiger partial charge in [0.05, 0.1) is 4.88 Å². The van der Waals surface area contributed by atoms with Crippen LogP contribution in [-0.2, 0) is 4.74 Å². The number of amides is 2. The van der Waals surface area contributed by atoms with Crippen LogP contribution in [0.4, 0.5) is 4.79 Å². The van der Waals surface area contributed by atoms with E-state index in [1.807, 2.05) is 50.1 Å². The molecule has 0 bridgehead atoms. The molecule has 0 aliphatic carbocycles. The van der Waals surface area contributed by atoms with E-state index in [9.17, 15) is 9.59 Å². The molecular weight excluding hydrogens is 288 g/mol. The number of ether oxygens (including phenoxy) is 1. The molecule has 2 rings (SSSR count). The number of carbonyl (C=O) groups is 2. The summed E-state index contributed by atoms with van der Waals surface area (Å²) in [7, 11) is 0. The molecule has 21 heavy (non-hydrogen) atoms. The Morgan fingerprint density at radius 2 is 2.05 bits per heavy atom. The number of rotatable bonds is 1. The van der Waals surface area contributed by atoms with Crippen molar-refractivity contribution >= 4 is 23.3 Å². The number of carbonyl (C=O) groups excluding carboxylic acids is 2. The number of hydrogen-bond donors (Lipinski definition) is 0. The van der Waals surface area contributed by atoms with Crippen LogP contribution in [0.3, 0.4) is 0 Å². The molecule has 1 fully saturated rings. The Kier molecular flexibility index (Phi) is 4.56. The van der Waals surface area contributed by atoms with Crippen LogP contribution in [0.2, 0.25) is 0 Å². The van der Waals surface area contributed by atoms with E-state index < -0.39 is 5.60 Å². The molecule has 1 aliphatic heterocycles.